The van der Waals surface area contributed by atoms with Crippen LogP contribution in [0.5, 0.6) is 5.88 Å². The maximum absolute atomic E-state index is 9.52. The molecule has 3 nitrogen and oxygen atoms in total. The van der Waals surface area contributed by atoms with Gasteiger partial charge in [0, 0.05) is 12.3 Å². The molecular formula is C19H26N2O. The van der Waals surface area contributed by atoms with Gasteiger partial charge in [-0.2, -0.15) is 5.26 Å². The summed E-state index contributed by atoms with van der Waals surface area (Å²) in [6.45, 7) is 0.764. The molecule has 3 rings (SSSR count). The van der Waals surface area contributed by atoms with E-state index in [4.69, 9.17) is 4.74 Å². The predicted molar refractivity (Wildman–Crippen MR) is 86.7 cm³/mol. The third-order valence-corrected chi connectivity index (χ3v) is 5.46. The van der Waals surface area contributed by atoms with E-state index in [1.807, 2.05) is 18.3 Å². The maximum atomic E-state index is 9.52. The lowest BCUT2D eigenvalue weighted by molar-refractivity contribution is 0.240. The number of aromatic nitrogens is 1. The van der Waals surface area contributed by atoms with E-state index in [1.54, 1.807) is 0 Å². The molecule has 0 radical (unpaired) electrons. The fourth-order valence-corrected chi connectivity index (χ4v) is 4.00. The Balaban J connectivity index is 1.52. The fourth-order valence-electron chi connectivity index (χ4n) is 4.00. The van der Waals surface area contributed by atoms with Gasteiger partial charge in [-0.1, -0.05) is 51.0 Å². The van der Waals surface area contributed by atoms with Crippen LogP contribution in [0.1, 0.15) is 69.8 Å². The summed E-state index contributed by atoms with van der Waals surface area (Å²) in [4.78, 5) is 4.43. The zero-order valence-electron chi connectivity index (χ0n) is 13.4. The first-order valence-electron chi connectivity index (χ1n) is 8.83. The van der Waals surface area contributed by atoms with Gasteiger partial charge in [-0.25, -0.2) is 4.98 Å². The van der Waals surface area contributed by atoms with E-state index in [0.29, 0.717) is 5.88 Å². The standard InChI is InChI=1S/C19H26N2O/c20-15-19(11-4-5-12-19)17-8-9-18(21-14-17)22-13-10-16-6-2-1-3-7-16/h8-9,14,16H,1-7,10-13H2. The molecule has 0 spiro atoms. The average molecular weight is 298 g/mol. The Bertz CT molecular complexity index is 505. The van der Waals surface area contributed by atoms with Crippen molar-refractivity contribution in [3.05, 3.63) is 23.9 Å². The first-order chi connectivity index (χ1) is 10.8. The van der Waals surface area contributed by atoms with E-state index in [-0.39, 0.29) is 5.41 Å². The second kappa shape index (κ2) is 7.13. The van der Waals surface area contributed by atoms with Crippen molar-refractivity contribution in [2.45, 2.75) is 69.6 Å². The summed E-state index contributed by atoms with van der Waals surface area (Å²) in [6.07, 6.45) is 14.1. The average Bonchev–Trinajstić information content (AvgIpc) is 3.07. The molecule has 1 aromatic heterocycles. The number of ether oxygens (including phenoxy) is 1. The van der Waals surface area contributed by atoms with E-state index in [0.717, 1.165) is 50.2 Å². The number of nitriles is 1. The van der Waals surface area contributed by atoms with Gasteiger partial charge >= 0.3 is 0 Å². The van der Waals surface area contributed by atoms with Crippen molar-refractivity contribution in [3.63, 3.8) is 0 Å². The summed E-state index contributed by atoms with van der Waals surface area (Å²) in [6, 6.07) is 6.50. The van der Waals surface area contributed by atoms with Crippen LogP contribution in [-0.2, 0) is 5.41 Å². The SMILES string of the molecule is N#CC1(c2ccc(OCCC3CCCCC3)nc2)CCCC1. The minimum absolute atomic E-state index is 0.298. The first kappa shape index (κ1) is 15.3. The van der Waals surface area contributed by atoms with Crippen LogP contribution in [0.15, 0.2) is 18.3 Å². The van der Waals surface area contributed by atoms with E-state index < -0.39 is 0 Å². The minimum Gasteiger partial charge on any atom is -0.478 e. The Morgan fingerprint density at radius 2 is 1.91 bits per heavy atom. The fraction of sp³-hybridized carbons (Fsp3) is 0.684. The quantitative estimate of drug-likeness (QED) is 0.787. The van der Waals surface area contributed by atoms with Gasteiger partial charge in [0.05, 0.1) is 18.1 Å². The van der Waals surface area contributed by atoms with Crippen molar-refractivity contribution < 1.29 is 4.74 Å². The number of hydrogen-bond donors (Lipinski definition) is 0. The lowest BCUT2D eigenvalue weighted by Crippen LogP contribution is -2.19. The molecule has 118 valence electrons. The summed E-state index contributed by atoms with van der Waals surface area (Å²) >= 11 is 0. The zero-order chi connectivity index (χ0) is 15.3. The first-order valence-corrected chi connectivity index (χ1v) is 8.83. The molecule has 0 bridgehead atoms. The van der Waals surface area contributed by atoms with Crippen molar-refractivity contribution in [1.29, 1.82) is 5.26 Å². The van der Waals surface area contributed by atoms with Crippen molar-refractivity contribution in [2.24, 2.45) is 5.92 Å². The van der Waals surface area contributed by atoms with Crippen LogP contribution >= 0.6 is 0 Å². The summed E-state index contributed by atoms with van der Waals surface area (Å²) in [5, 5.41) is 9.52. The molecule has 2 aliphatic rings. The second-order valence-corrected chi connectivity index (χ2v) is 6.93. The third kappa shape index (κ3) is 3.43. The molecule has 1 aromatic rings. The Hall–Kier alpha value is -1.56. The van der Waals surface area contributed by atoms with Crippen LogP contribution in [0.25, 0.3) is 0 Å². The molecular weight excluding hydrogens is 272 g/mol. The molecule has 0 saturated heterocycles. The number of hydrogen-bond acceptors (Lipinski definition) is 3. The Kier molecular flexibility index (Phi) is 4.97. The smallest absolute Gasteiger partial charge is 0.213 e. The number of rotatable bonds is 5. The van der Waals surface area contributed by atoms with Crippen LogP contribution in [0.2, 0.25) is 0 Å². The summed E-state index contributed by atoms with van der Waals surface area (Å²) < 4.78 is 5.80. The Morgan fingerprint density at radius 3 is 2.55 bits per heavy atom. The molecule has 0 aliphatic heterocycles. The highest BCUT2D eigenvalue weighted by molar-refractivity contribution is 5.33. The lowest BCUT2D eigenvalue weighted by atomic mass is 9.81. The molecule has 1 heterocycles. The van der Waals surface area contributed by atoms with Crippen molar-refractivity contribution in [2.75, 3.05) is 6.61 Å². The lowest BCUT2D eigenvalue weighted by Gasteiger charge is -2.22. The molecule has 3 heteroatoms. The molecule has 2 fully saturated rings. The molecule has 0 amide bonds. The Labute approximate surface area is 133 Å². The molecule has 0 aromatic carbocycles. The second-order valence-electron chi connectivity index (χ2n) is 6.93. The van der Waals surface area contributed by atoms with E-state index in [1.165, 1.54) is 32.1 Å². The van der Waals surface area contributed by atoms with Gasteiger partial charge in [-0.3, -0.25) is 0 Å². The summed E-state index contributed by atoms with van der Waals surface area (Å²) in [5.41, 5.74) is 0.764. The molecule has 0 N–H and O–H groups in total. The largest absolute Gasteiger partial charge is 0.478 e. The van der Waals surface area contributed by atoms with Crippen LogP contribution in [0.4, 0.5) is 0 Å². The highest BCUT2D eigenvalue weighted by atomic mass is 16.5. The van der Waals surface area contributed by atoms with Crippen LogP contribution in [0, 0.1) is 17.2 Å². The monoisotopic (exact) mass is 298 g/mol. The molecule has 2 aliphatic carbocycles. The van der Waals surface area contributed by atoms with Crippen molar-refractivity contribution >= 4 is 0 Å². The molecule has 0 unspecified atom stereocenters. The normalized spacial score (nSPS) is 21.4. The van der Waals surface area contributed by atoms with Gasteiger partial charge in [-0.15, -0.1) is 0 Å². The van der Waals surface area contributed by atoms with E-state index in [2.05, 4.69) is 11.1 Å². The van der Waals surface area contributed by atoms with E-state index >= 15 is 0 Å². The Morgan fingerprint density at radius 1 is 1.14 bits per heavy atom. The number of pyridine rings is 1. The summed E-state index contributed by atoms with van der Waals surface area (Å²) in [7, 11) is 0. The van der Waals surface area contributed by atoms with Crippen LogP contribution in [-0.4, -0.2) is 11.6 Å². The third-order valence-electron chi connectivity index (χ3n) is 5.46. The van der Waals surface area contributed by atoms with Gasteiger partial charge < -0.3 is 4.74 Å². The van der Waals surface area contributed by atoms with Crippen LogP contribution < -0.4 is 4.74 Å². The van der Waals surface area contributed by atoms with Crippen LogP contribution in [0.3, 0.4) is 0 Å². The van der Waals surface area contributed by atoms with Gasteiger partial charge in [0.15, 0.2) is 0 Å². The molecule has 0 atom stereocenters. The van der Waals surface area contributed by atoms with Gasteiger partial charge in [0.25, 0.3) is 0 Å². The van der Waals surface area contributed by atoms with Crippen molar-refractivity contribution in [1.82, 2.24) is 4.98 Å². The predicted octanol–water partition coefficient (Wildman–Crippen LogP) is 4.77. The minimum atomic E-state index is -0.298. The highest BCUT2D eigenvalue weighted by Crippen LogP contribution is 2.40. The van der Waals surface area contributed by atoms with Crippen molar-refractivity contribution in [3.8, 4) is 11.9 Å². The molecule has 2 saturated carbocycles. The summed E-state index contributed by atoms with van der Waals surface area (Å²) in [5.74, 6) is 1.54. The number of nitrogens with zero attached hydrogens (tertiary/aromatic N) is 2. The van der Waals surface area contributed by atoms with Gasteiger partial charge in [0.1, 0.15) is 0 Å². The maximum Gasteiger partial charge on any atom is 0.213 e. The van der Waals surface area contributed by atoms with Gasteiger partial charge in [0.2, 0.25) is 5.88 Å². The highest BCUT2D eigenvalue weighted by Gasteiger charge is 2.36. The molecule has 22 heavy (non-hydrogen) atoms. The zero-order valence-corrected chi connectivity index (χ0v) is 13.4. The van der Waals surface area contributed by atoms with E-state index in [9.17, 15) is 5.26 Å². The van der Waals surface area contributed by atoms with Gasteiger partial charge in [-0.05, 0) is 30.7 Å². The topological polar surface area (TPSA) is 45.9 Å².